The van der Waals surface area contributed by atoms with Crippen LogP contribution in [0.1, 0.15) is 13.8 Å². The van der Waals surface area contributed by atoms with Crippen LogP contribution in [0.15, 0.2) is 11.2 Å². The number of likely N-dealkylation sites (N-methyl/N-ethyl adjacent to an activating group) is 2. The minimum atomic E-state index is -0.0313. The van der Waals surface area contributed by atoms with Crippen molar-refractivity contribution in [3.05, 3.63) is 6.07 Å². The van der Waals surface area contributed by atoms with E-state index < -0.39 is 0 Å². The summed E-state index contributed by atoms with van der Waals surface area (Å²) in [4.78, 5) is 22.2. The van der Waals surface area contributed by atoms with Gasteiger partial charge in [-0.25, -0.2) is 9.97 Å². The molecule has 0 bridgehead atoms. The standard InChI is InChI=1S/C12H21N5OS/c1-5-14-9-7-10(16-12(15-9)19-4)17(6-2)8-11(18)13-3/h7H,5-6,8H2,1-4H3,(H,13,18)(H,14,15,16). The van der Waals surface area contributed by atoms with Gasteiger partial charge in [0.25, 0.3) is 0 Å². The lowest BCUT2D eigenvalue weighted by Gasteiger charge is -2.21. The summed E-state index contributed by atoms with van der Waals surface area (Å²) in [6, 6.07) is 1.87. The van der Waals surface area contributed by atoms with Crippen LogP contribution in [0.5, 0.6) is 0 Å². The van der Waals surface area contributed by atoms with Gasteiger partial charge in [0.05, 0.1) is 6.54 Å². The molecule has 6 nitrogen and oxygen atoms in total. The molecule has 1 aromatic heterocycles. The molecule has 0 radical (unpaired) electrons. The van der Waals surface area contributed by atoms with E-state index in [0.29, 0.717) is 18.2 Å². The molecule has 0 fully saturated rings. The Labute approximate surface area is 118 Å². The molecule has 0 spiro atoms. The topological polar surface area (TPSA) is 70.2 Å². The summed E-state index contributed by atoms with van der Waals surface area (Å²) in [6.07, 6.45) is 1.93. The normalized spacial score (nSPS) is 10.1. The van der Waals surface area contributed by atoms with E-state index in [2.05, 4.69) is 20.6 Å². The predicted octanol–water partition coefficient (Wildman–Crippen LogP) is 1.20. The monoisotopic (exact) mass is 283 g/mol. The van der Waals surface area contributed by atoms with Crippen LogP contribution >= 0.6 is 11.8 Å². The van der Waals surface area contributed by atoms with Gasteiger partial charge in [0.1, 0.15) is 11.6 Å². The zero-order valence-corrected chi connectivity index (χ0v) is 12.7. The molecule has 0 saturated carbocycles. The molecule has 0 unspecified atom stereocenters. The van der Waals surface area contributed by atoms with Gasteiger partial charge in [0, 0.05) is 26.2 Å². The van der Waals surface area contributed by atoms with Crippen molar-refractivity contribution in [2.45, 2.75) is 19.0 Å². The highest BCUT2D eigenvalue weighted by molar-refractivity contribution is 7.98. The van der Waals surface area contributed by atoms with E-state index in [1.54, 1.807) is 7.05 Å². The Morgan fingerprint density at radius 3 is 2.68 bits per heavy atom. The van der Waals surface area contributed by atoms with Crippen molar-refractivity contribution >= 4 is 29.3 Å². The Morgan fingerprint density at radius 2 is 2.16 bits per heavy atom. The molecule has 1 heterocycles. The smallest absolute Gasteiger partial charge is 0.239 e. The maximum absolute atomic E-state index is 11.5. The van der Waals surface area contributed by atoms with Gasteiger partial charge in [0.2, 0.25) is 5.91 Å². The lowest BCUT2D eigenvalue weighted by molar-refractivity contribution is -0.119. The third-order valence-electron chi connectivity index (χ3n) is 2.55. The number of anilines is 2. The van der Waals surface area contributed by atoms with Crippen LogP contribution in [0, 0.1) is 0 Å². The lowest BCUT2D eigenvalue weighted by Crippen LogP contribution is -2.36. The van der Waals surface area contributed by atoms with Gasteiger partial charge < -0.3 is 15.5 Å². The minimum absolute atomic E-state index is 0.0313. The summed E-state index contributed by atoms with van der Waals surface area (Å²) in [5.74, 6) is 1.52. The number of nitrogens with one attached hydrogen (secondary N) is 2. The van der Waals surface area contributed by atoms with Crippen LogP contribution in [0.3, 0.4) is 0 Å². The summed E-state index contributed by atoms with van der Waals surface area (Å²) in [7, 11) is 1.63. The minimum Gasteiger partial charge on any atom is -0.370 e. The van der Waals surface area contributed by atoms with E-state index in [4.69, 9.17) is 0 Å². The molecule has 7 heteroatoms. The number of nitrogens with zero attached hydrogens (tertiary/aromatic N) is 3. The molecule has 19 heavy (non-hydrogen) atoms. The molecule has 2 N–H and O–H groups in total. The largest absolute Gasteiger partial charge is 0.370 e. The number of thioether (sulfide) groups is 1. The van der Waals surface area contributed by atoms with Gasteiger partial charge in [-0.1, -0.05) is 11.8 Å². The van der Waals surface area contributed by atoms with Crippen molar-refractivity contribution in [1.29, 1.82) is 0 Å². The van der Waals surface area contributed by atoms with Crippen molar-refractivity contribution in [3.8, 4) is 0 Å². The third kappa shape index (κ3) is 4.59. The van der Waals surface area contributed by atoms with Crippen LogP contribution < -0.4 is 15.5 Å². The Hall–Kier alpha value is -1.50. The lowest BCUT2D eigenvalue weighted by atomic mass is 10.4. The van der Waals surface area contributed by atoms with Crippen molar-refractivity contribution in [2.75, 3.05) is 43.2 Å². The Balaban J connectivity index is 3.00. The fraction of sp³-hybridized carbons (Fsp3) is 0.583. The average molecular weight is 283 g/mol. The summed E-state index contributed by atoms with van der Waals surface area (Å²) in [5.41, 5.74) is 0. The fourth-order valence-corrected chi connectivity index (χ4v) is 1.92. The van der Waals surface area contributed by atoms with Gasteiger partial charge in [0.15, 0.2) is 5.16 Å². The summed E-state index contributed by atoms with van der Waals surface area (Å²) < 4.78 is 0. The number of hydrogen-bond acceptors (Lipinski definition) is 6. The molecule has 0 aliphatic heterocycles. The summed E-state index contributed by atoms with van der Waals surface area (Å²) in [6.45, 7) is 5.82. The van der Waals surface area contributed by atoms with Gasteiger partial charge in [-0.15, -0.1) is 0 Å². The van der Waals surface area contributed by atoms with Gasteiger partial charge in [-0.3, -0.25) is 4.79 Å². The highest BCUT2D eigenvalue weighted by atomic mass is 32.2. The van der Waals surface area contributed by atoms with Gasteiger partial charge >= 0.3 is 0 Å². The Bertz CT molecular complexity index is 427. The van der Waals surface area contributed by atoms with E-state index in [0.717, 1.165) is 18.2 Å². The van der Waals surface area contributed by atoms with Crippen molar-refractivity contribution < 1.29 is 4.79 Å². The Kier molecular flexibility index (Phi) is 6.41. The zero-order chi connectivity index (χ0) is 14.3. The van der Waals surface area contributed by atoms with Crippen LogP contribution in [0.4, 0.5) is 11.6 Å². The molecule has 0 saturated heterocycles. The SMILES string of the molecule is CCNc1cc(N(CC)CC(=O)NC)nc(SC)n1. The van der Waals surface area contributed by atoms with E-state index in [-0.39, 0.29) is 5.91 Å². The van der Waals surface area contributed by atoms with Crippen molar-refractivity contribution in [1.82, 2.24) is 15.3 Å². The van der Waals surface area contributed by atoms with Crippen LogP contribution in [-0.2, 0) is 4.79 Å². The van der Waals surface area contributed by atoms with E-state index in [1.807, 2.05) is 31.1 Å². The first-order chi connectivity index (χ1) is 9.14. The van der Waals surface area contributed by atoms with E-state index in [9.17, 15) is 4.79 Å². The third-order valence-corrected chi connectivity index (χ3v) is 3.10. The maximum atomic E-state index is 11.5. The molecule has 1 amide bonds. The highest BCUT2D eigenvalue weighted by Crippen LogP contribution is 2.20. The summed E-state index contributed by atoms with van der Waals surface area (Å²) >= 11 is 1.49. The number of amides is 1. The van der Waals surface area contributed by atoms with Gasteiger partial charge in [-0.2, -0.15) is 0 Å². The first-order valence-corrected chi connectivity index (χ1v) is 7.49. The van der Waals surface area contributed by atoms with E-state index >= 15 is 0 Å². The number of carbonyl (C=O) groups excluding carboxylic acids is 1. The molecule has 0 aromatic carbocycles. The maximum Gasteiger partial charge on any atom is 0.239 e. The average Bonchev–Trinajstić information content (AvgIpc) is 2.44. The first-order valence-electron chi connectivity index (χ1n) is 6.27. The fourth-order valence-electron chi connectivity index (χ4n) is 1.55. The van der Waals surface area contributed by atoms with Crippen molar-refractivity contribution in [2.24, 2.45) is 0 Å². The first kappa shape index (κ1) is 15.6. The molecule has 0 atom stereocenters. The van der Waals surface area contributed by atoms with E-state index in [1.165, 1.54) is 11.8 Å². The quantitative estimate of drug-likeness (QED) is 0.579. The second-order valence-corrected chi connectivity index (χ2v) is 4.59. The highest BCUT2D eigenvalue weighted by Gasteiger charge is 2.12. The second-order valence-electron chi connectivity index (χ2n) is 3.82. The molecule has 0 aliphatic carbocycles. The number of hydrogen-bond donors (Lipinski definition) is 2. The number of carbonyl (C=O) groups is 1. The molecule has 1 aromatic rings. The Morgan fingerprint density at radius 1 is 1.42 bits per heavy atom. The molecule has 106 valence electrons. The molecule has 1 rings (SSSR count). The second kappa shape index (κ2) is 7.83. The zero-order valence-electron chi connectivity index (χ0n) is 11.9. The number of aromatic nitrogens is 2. The molecular formula is C12H21N5OS. The van der Waals surface area contributed by atoms with Crippen molar-refractivity contribution in [3.63, 3.8) is 0 Å². The number of rotatable bonds is 7. The van der Waals surface area contributed by atoms with Crippen LogP contribution in [0.2, 0.25) is 0 Å². The molecular weight excluding hydrogens is 262 g/mol. The summed E-state index contributed by atoms with van der Waals surface area (Å²) in [5, 5.41) is 6.50. The van der Waals surface area contributed by atoms with Crippen LogP contribution in [0.25, 0.3) is 0 Å². The van der Waals surface area contributed by atoms with Gasteiger partial charge in [-0.05, 0) is 20.1 Å². The molecule has 0 aliphatic rings. The predicted molar refractivity (Wildman–Crippen MR) is 79.9 cm³/mol. The van der Waals surface area contributed by atoms with Crippen LogP contribution in [-0.4, -0.2) is 48.8 Å².